The molecule has 2 aromatic rings. The smallest absolute Gasteiger partial charge is 0.244 e. The van der Waals surface area contributed by atoms with Crippen LogP contribution in [-0.2, 0) is 11.3 Å². The van der Waals surface area contributed by atoms with Crippen molar-refractivity contribution in [3.63, 3.8) is 0 Å². The number of ether oxygens (including phenoxy) is 1. The highest BCUT2D eigenvalue weighted by Crippen LogP contribution is 2.29. The molecule has 2 aromatic heterocycles. The van der Waals surface area contributed by atoms with Crippen LogP contribution in [0.15, 0.2) is 24.9 Å². The Kier molecular flexibility index (Phi) is 3.79. The molecule has 3 heterocycles. The Morgan fingerprint density at radius 1 is 1.42 bits per heavy atom. The summed E-state index contributed by atoms with van der Waals surface area (Å²) in [6, 6.07) is 1.47. The molecular weight excluding hydrogens is 308 g/mol. The quantitative estimate of drug-likeness (QED) is 0.872. The third-order valence-corrected chi connectivity index (χ3v) is 4.55. The van der Waals surface area contributed by atoms with Crippen molar-refractivity contribution in [1.29, 1.82) is 0 Å². The summed E-state index contributed by atoms with van der Waals surface area (Å²) in [7, 11) is 1.57. The molecule has 0 bridgehead atoms. The van der Waals surface area contributed by atoms with Gasteiger partial charge in [-0.05, 0) is 18.8 Å². The maximum absolute atomic E-state index is 12.6. The van der Waals surface area contributed by atoms with Gasteiger partial charge in [0.2, 0.25) is 11.8 Å². The minimum atomic E-state index is -0.309. The topological polar surface area (TPSA) is 85.2 Å². The van der Waals surface area contributed by atoms with Gasteiger partial charge in [-0.15, -0.1) is 0 Å². The van der Waals surface area contributed by atoms with Gasteiger partial charge in [-0.25, -0.2) is 15.0 Å². The van der Waals surface area contributed by atoms with Crippen LogP contribution in [0, 0.1) is 5.92 Å². The third kappa shape index (κ3) is 2.91. The maximum Gasteiger partial charge on any atom is 0.244 e. The fourth-order valence-corrected chi connectivity index (χ4v) is 2.97. The molecule has 0 unspecified atom stereocenters. The Hall–Kier alpha value is -2.64. The lowest BCUT2D eigenvalue weighted by Crippen LogP contribution is -2.45. The number of rotatable bonds is 5. The Labute approximate surface area is 139 Å². The van der Waals surface area contributed by atoms with E-state index in [9.17, 15) is 4.79 Å². The van der Waals surface area contributed by atoms with Crippen LogP contribution >= 0.6 is 0 Å². The molecule has 1 amide bonds. The van der Waals surface area contributed by atoms with Gasteiger partial charge in [-0.3, -0.25) is 4.79 Å². The highest BCUT2D eigenvalue weighted by atomic mass is 16.5. The van der Waals surface area contributed by atoms with E-state index in [-0.39, 0.29) is 11.9 Å². The molecule has 1 N–H and O–H groups in total. The number of nitrogens with zero attached hydrogens (tertiary/aromatic N) is 5. The van der Waals surface area contributed by atoms with Crippen molar-refractivity contribution in [1.82, 2.24) is 24.8 Å². The Morgan fingerprint density at radius 2 is 2.29 bits per heavy atom. The van der Waals surface area contributed by atoms with Crippen molar-refractivity contribution in [2.24, 2.45) is 5.92 Å². The molecular formula is C16H20N6O2. The van der Waals surface area contributed by atoms with Gasteiger partial charge >= 0.3 is 0 Å². The molecule has 1 aliphatic carbocycles. The fraction of sp³-hybridized carbons (Fsp3) is 0.500. The van der Waals surface area contributed by atoms with Crippen molar-refractivity contribution in [2.45, 2.75) is 25.4 Å². The third-order valence-electron chi connectivity index (χ3n) is 4.55. The second kappa shape index (κ2) is 6.10. The largest absolute Gasteiger partial charge is 0.481 e. The molecule has 1 atom stereocenters. The highest BCUT2D eigenvalue weighted by Gasteiger charge is 2.32. The molecule has 24 heavy (non-hydrogen) atoms. The van der Waals surface area contributed by atoms with Crippen molar-refractivity contribution < 1.29 is 9.53 Å². The van der Waals surface area contributed by atoms with Crippen LogP contribution in [0.3, 0.4) is 0 Å². The van der Waals surface area contributed by atoms with Gasteiger partial charge < -0.3 is 19.5 Å². The lowest BCUT2D eigenvalue weighted by Gasteiger charge is -2.34. The van der Waals surface area contributed by atoms with Crippen LogP contribution in [0.5, 0.6) is 5.88 Å². The van der Waals surface area contributed by atoms with Crippen molar-refractivity contribution >= 4 is 11.7 Å². The van der Waals surface area contributed by atoms with Crippen molar-refractivity contribution in [2.75, 3.05) is 25.1 Å². The predicted octanol–water partition coefficient (Wildman–Crippen LogP) is 0.769. The van der Waals surface area contributed by atoms with Crippen LogP contribution in [0.25, 0.3) is 0 Å². The Balaban J connectivity index is 1.56. The van der Waals surface area contributed by atoms with Gasteiger partial charge in [0.05, 0.1) is 25.7 Å². The van der Waals surface area contributed by atoms with E-state index in [1.165, 1.54) is 19.2 Å². The molecule has 1 fully saturated rings. The van der Waals surface area contributed by atoms with E-state index in [4.69, 9.17) is 4.74 Å². The van der Waals surface area contributed by atoms with Crippen LogP contribution in [-0.4, -0.2) is 45.6 Å². The van der Waals surface area contributed by atoms with E-state index in [2.05, 4.69) is 25.2 Å². The number of aromatic nitrogens is 4. The molecule has 0 radical (unpaired) electrons. The summed E-state index contributed by atoms with van der Waals surface area (Å²) in [6.45, 7) is 1.95. The fourth-order valence-electron chi connectivity index (χ4n) is 2.97. The Bertz CT molecular complexity index is 742. The SMILES string of the molecule is COc1cc(N2Cc3cncn3[C@@H](C(=O)NCC3CC3)C2)ncn1. The van der Waals surface area contributed by atoms with E-state index in [0.717, 1.165) is 18.1 Å². The number of hydrogen-bond donors (Lipinski definition) is 1. The molecule has 8 nitrogen and oxygen atoms in total. The zero-order valence-electron chi connectivity index (χ0n) is 13.6. The van der Waals surface area contributed by atoms with E-state index < -0.39 is 0 Å². The van der Waals surface area contributed by atoms with Crippen molar-refractivity contribution in [3.8, 4) is 5.88 Å². The van der Waals surface area contributed by atoms with Gasteiger partial charge in [-0.1, -0.05) is 0 Å². The van der Waals surface area contributed by atoms with E-state index >= 15 is 0 Å². The molecule has 8 heteroatoms. The molecule has 1 saturated carbocycles. The van der Waals surface area contributed by atoms with Crippen LogP contribution < -0.4 is 15.0 Å². The van der Waals surface area contributed by atoms with Crippen LogP contribution in [0.2, 0.25) is 0 Å². The number of fused-ring (bicyclic) bond motifs is 1. The Morgan fingerprint density at radius 3 is 3.08 bits per heavy atom. The first-order valence-electron chi connectivity index (χ1n) is 8.14. The lowest BCUT2D eigenvalue weighted by atomic mass is 10.1. The molecule has 1 aliphatic heterocycles. The zero-order valence-corrected chi connectivity index (χ0v) is 13.6. The average Bonchev–Trinajstić information content (AvgIpc) is 3.33. The lowest BCUT2D eigenvalue weighted by molar-refractivity contribution is -0.124. The van der Waals surface area contributed by atoms with Gasteiger partial charge in [0.1, 0.15) is 18.2 Å². The van der Waals surface area contributed by atoms with Crippen LogP contribution in [0.4, 0.5) is 5.82 Å². The average molecular weight is 328 g/mol. The predicted molar refractivity (Wildman–Crippen MR) is 86.6 cm³/mol. The zero-order chi connectivity index (χ0) is 16.5. The molecule has 0 spiro atoms. The minimum absolute atomic E-state index is 0.0341. The summed E-state index contributed by atoms with van der Waals surface area (Å²) in [6.07, 6.45) is 7.44. The van der Waals surface area contributed by atoms with Gasteiger partial charge in [0.25, 0.3) is 0 Å². The number of methoxy groups -OCH3 is 1. The molecule has 2 aliphatic rings. The highest BCUT2D eigenvalue weighted by molar-refractivity contribution is 5.81. The number of imidazole rings is 1. The summed E-state index contributed by atoms with van der Waals surface area (Å²) >= 11 is 0. The minimum Gasteiger partial charge on any atom is -0.481 e. The summed E-state index contributed by atoms with van der Waals surface area (Å²) < 4.78 is 7.13. The molecule has 126 valence electrons. The van der Waals surface area contributed by atoms with E-state index in [1.807, 2.05) is 4.57 Å². The monoisotopic (exact) mass is 328 g/mol. The molecule has 4 rings (SSSR count). The van der Waals surface area contributed by atoms with Crippen molar-refractivity contribution in [3.05, 3.63) is 30.6 Å². The number of carbonyl (C=O) groups excluding carboxylic acids is 1. The number of carbonyl (C=O) groups is 1. The number of nitrogens with one attached hydrogen (secondary N) is 1. The first-order chi connectivity index (χ1) is 11.7. The summed E-state index contributed by atoms with van der Waals surface area (Å²) in [4.78, 5) is 27.3. The van der Waals surface area contributed by atoms with Gasteiger partial charge in [0.15, 0.2) is 0 Å². The maximum atomic E-state index is 12.6. The second-order valence-electron chi connectivity index (χ2n) is 6.30. The molecule has 0 saturated heterocycles. The first-order valence-corrected chi connectivity index (χ1v) is 8.14. The summed E-state index contributed by atoms with van der Waals surface area (Å²) in [5, 5.41) is 3.07. The standard InChI is InChI=1S/C16H20N6O2/c1-24-15-4-14(19-9-20-15)21-7-12-6-17-10-22(12)13(8-21)16(23)18-5-11-2-3-11/h4,6,9-11,13H,2-3,5,7-8H2,1H3,(H,18,23)/t13-/m1/s1. The number of anilines is 1. The van der Waals surface area contributed by atoms with E-state index in [0.29, 0.717) is 24.9 Å². The van der Waals surface area contributed by atoms with Crippen LogP contribution in [0.1, 0.15) is 24.6 Å². The summed E-state index contributed by atoms with van der Waals surface area (Å²) in [5.41, 5.74) is 0.991. The van der Waals surface area contributed by atoms with Gasteiger partial charge in [-0.2, -0.15) is 0 Å². The summed E-state index contributed by atoms with van der Waals surface area (Å²) in [5.74, 6) is 1.94. The number of hydrogen-bond acceptors (Lipinski definition) is 6. The normalized spacial score (nSPS) is 19.7. The first kappa shape index (κ1) is 14.9. The van der Waals surface area contributed by atoms with Gasteiger partial charge in [0, 0.05) is 25.4 Å². The molecule has 0 aromatic carbocycles. The second-order valence-corrected chi connectivity index (χ2v) is 6.30. The van der Waals surface area contributed by atoms with E-state index in [1.54, 1.807) is 25.7 Å². The number of amides is 1.